The van der Waals surface area contributed by atoms with Gasteiger partial charge in [0.2, 0.25) is 0 Å². The van der Waals surface area contributed by atoms with Gasteiger partial charge in [0.05, 0.1) is 0 Å². The van der Waals surface area contributed by atoms with Gasteiger partial charge < -0.3 is 4.74 Å². The Kier molecular flexibility index (Phi) is 6.40. The van der Waals surface area contributed by atoms with Crippen LogP contribution in [0.15, 0.2) is 48.5 Å². The Morgan fingerprint density at radius 3 is 1.85 bits per heavy atom. The van der Waals surface area contributed by atoms with E-state index in [1.807, 2.05) is 6.92 Å². The molecule has 0 aliphatic rings. The smallest absolute Gasteiger partial charge is 0.406 e. The molecule has 0 radical (unpaired) electrons. The predicted molar refractivity (Wildman–Crippen MR) is 90.4 cm³/mol. The molecular weight excluding hydrogens is 351 g/mol. The SMILES string of the molecule is CCCC#Cc1ccc(/C(F)=C(/F)c2ccc(OC(F)(F)F)cc2)cc1. The molecule has 0 unspecified atom stereocenters. The van der Waals surface area contributed by atoms with E-state index in [0.717, 1.165) is 37.1 Å². The van der Waals surface area contributed by atoms with Crippen LogP contribution < -0.4 is 4.74 Å². The van der Waals surface area contributed by atoms with Gasteiger partial charge >= 0.3 is 6.36 Å². The van der Waals surface area contributed by atoms with Crippen molar-refractivity contribution in [2.75, 3.05) is 0 Å². The van der Waals surface area contributed by atoms with Crippen molar-refractivity contribution in [2.24, 2.45) is 0 Å². The Morgan fingerprint density at radius 1 is 0.885 bits per heavy atom. The quantitative estimate of drug-likeness (QED) is 0.341. The zero-order valence-electron chi connectivity index (χ0n) is 13.8. The van der Waals surface area contributed by atoms with Crippen molar-refractivity contribution in [1.82, 2.24) is 0 Å². The van der Waals surface area contributed by atoms with Gasteiger partial charge in [-0.05, 0) is 42.8 Å². The maximum absolute atomic E-state index is 14.3. The van der Waals surface area contributed by atoms with Crippen molar-refractivity contribution < 1.29 is 26.7 Å². The zero-order chi connectivity index (χ0) is 19.2. The molecule has 0 fully saturated rings. The van der Waals surface area contributed by atoms with Crippen molar-refractivity contribution in [3.05, 3.63) is 65.2 Å². The van der Waals surface area contributed by atoms with E-state index in [1.165, 1.54) is 12.1 Å². The molecule has 0 saturated heterocycles. The van der Waals surface area contributed by atoms with Crippen molar-refractivity contribution in [1.29, 1.82) is 0 Å². The number of ether oxygens (including phenoxy) is 1. The van der Waals surface area contributed by atoms with Gasteiger partial charge in [-0.1, -0.05) is 30.9 Å². The molecule has 0 amide bonds. The van der Waals surface area contributed by atoms with Gasteiger partial charge in [0.1, 0.15) is 5.75 Å². The van der Waals surface area contributed by atoms with Gasteiger partial charge in [-0.3, -0.25) is 0 Å². The van der Waals surface area contributed by atoms with E-state index in [9.17, 15) is 22.0 Å². The minimum atomic E-state index is -4.84. The lowest BCUT2D eigenvalue weighted by atomic mass is 10.1. The van der Waals surface area contributed by atoms with Crippen LogP contribution in [0.5, 0.6) is 5.75 Å². The van der Waals surface area contributed by atoms with Gasteiger partial charge in [0.15, 0.2) is 11.7 Å². The van der Waals surface area contributed by atoms with Gasteiger partial charge in [-0.25, -0.2) is 8.78 Å². The molecule has 1 nitrogen and oxygen atoms in total. The average Bonchev–Trinajstić information content (AvgIpc) is 2.61. The summed E-state index contributed by atoms with van der Waals surface area (Å²) in [6.45, 7) is 2.00. The molecule has 0 saturated carbocycles. The highest BCUT2D eigenvalue weighted by Crippen LogP contribution is 2.31. The van der Waals surface area contributed by atoms with Crippen LogP contribution in [0.4, 0.5) is 22.0 Å². The molecule has 0 heterocycles. The second-order valence-electron chi connectivity index (χ2n) is 5.33. The largest absolute Gasteiger partial charge is 0.573 e. The lowest BCUT2D eigenvalue weighted by Crippen LogP contribution is -2.16. The maximum atomic E-state index is 14.3. The molecule has 2 aromatic carbocycles. The first-order chi connectivity index (χ1) is 12.3. The van der Waals surface area contributed by atoms with Crippen molar-refractivity contribution in [3.8, 4) is 17.6 Å². The zero-order valence-corrected chi connectivity index (χ0v) is 13.8. The number of unbranched alkanes of at least 4 members (excludes halogenated alkanes) is 1. The van der Waals surface area contributed by atoms with Gasteiger partial charge in [0, 0.05) is 23.1 Å². The van der Waals surface area contributed by atoms with Crippen LogP contribution in [0.3, 0.4) is 0 Å². The topological polar surface area (TPSA) is 9.23 Å². The Bertz CT molecular complexity index is 822. The number of alkyl halides is 3. The molecule has 136 valence electrons. The normalized spacial score (nSPS) is 12.1. The summed E-state index contributed by atoms with van der Waals surface area (Å²) in [5.41, 5.74) is 0.507. The highest BCUT2D eigenvalue weighted by Gasteiger charge is 2.31. The summed E-state index contributed by atoms with van der Waals surface area (Å²) in [5.74, 6) is 3.07. The summed E-state index contributed by atoms with van der Waals surface area (Å²) in [7, 11) is 0. The van der Waals surface area contributed by atoms with E-state index in [4.69, 9.17) is 0 Å². The van der Waals surface area contributed by atoms with Gasteiger partial charge in [0.25, 0.3) is 0 Å². The van der Waals surface area contributed by atoms with E-state index in [0.29, 0.717) is 5.56 Å². The van der Waals surface area contributed by atoms with Crippen molar-refractivity contribution in [3.63, 3.8) is 0 Å². The summed E-state index contributed by atoms with van der Waals surface area (Å²) in [6, 6.07) is 9.81. The number of hydrogen-bond donors (Lipinski definition) is 0. The fourth-order valence-electron chi connectivity index (χ4n) is 2.05. The third-order valence-electron chi connectivity index (χ3n) is 3.28. The lowest BCUT2D eigenvalue weighted by molar-refractivity contribution is -0.274. The van der Waals surface area contributed by atoms with Crippen LogP contribution in [-0.4, -0.2) is 6.36 Å². The molecular formula is C20H15F5O. The highest BCUT2D eigenvalue weighted by molar-refractivity contribution is 5.83. The van der Waals surface area contributed by atoms with Crippen LogP contribution >= 0.6 is 0 Å². The van der Waals surface area contributed by atoms with Crippen LogP contribution in [0.2, 0.25) is 0 Å². The highest BCUT2D eigenvalue weighted by atomic mass is 19.4. The molecule has 26 heavy (non-hydrogen) atoms. The predicted octanol–water partition coefficient (Wildman–Crippen LogP) is 6.50. The van der Waals surface area contributed by atoms with E-state index in [1.54, 1.807) is 12.1 Å². The fraction of sp³-hybridized carbons (Fsp3) is 0.200. The number of rotatable bonds is 4. The second-order valence-corrected chi connectivity index (χ2v) is 5.33. The third-order valence-corrected chi connectivity index (χ3v) is 3.28. The molecule has 0 spiro atoms. The second kappa shape index (κ2) is 8.52. The summed E-state index contributed by atoms with van der Waals surface area (Å²) < 4.78 is 68.5. The van der Waals surface area contributed by atoms with Crippen LogP contribution in [0.1, 0.15) is 36.5 Å². The number of benzene rings is 2. The van der Waals surface area contributed by atoms with Crippen molar-refractivity contribution in [2.45, 2.75) is 26.1 Å². The Hall–Kier alpha value is -2.81. The minimum absolute atomic E-state index is 0.0131. The van der Waals surface area contributed by atoms with Crippen LogP contribution in [0.25, 0.3) is 11.7 Å². The van der Waals surface area contributed by atoms with Crippen LogP contribution in [0, 0.1) is 11.8 Å². The molecule has 2 rings (SSSR count). The molecule has 6 heteroatoms. The third kappa shape index (κ3) is 5.62. The number of halogens is 5. The van der Waals surface area contributed by atoms with Gasteiger partial charge in [-0.15, -0.1) is 13.2 Å². The summed E-state index contributed by atoms with van der Waals surface area (Å²) in [6.07, 6.45) is -3.16. The van der Waals surface area contributed by atoms with E-state index in [-0.39, 0.29) is 11.1 Å². The van der Waals surface area contributed by atoms with Crippen molar-refractivity contribution >= 4 is 11.7 Å². The summed E-state index contributed by atoms with van der Waals surface area (Å²) in [4.78, 5) is 0. The Balaban J connectivity index is 2.19. The molecule has 0 N–H and O–H groups in total. The summed E-state index contributed by atoms with van der Waals surface area (Å²) >= 11 is 0. The Labute approximate surface area is 148 Å². The van der Waals surface area contributed by atoms with E-state index < -0.39 is 23.8 Å². The first-order valence-electron chi connectivity index (χ1n) is 7.81. The average molecular weight is 366 g/mol. The molecule has 0 atom stereocenters. The fourth-order valence-corrected chi connectivity index (χ4v) is 2.05. The van der Waals surface area contributed by atoms with E-state index in [2.05, 4.69) is 16.6 Å². The monoisotopic (exact) mass is 366 g/mol. The maximum Gasteiger partial charge on any atom is 0.573 e. The Morgan fingerprint density at radius 2 is 1.38 bits per heavy atom. The summed E-state index contributed by atoms with van der Waals surface area (Å²) in [5, 5.41) is 0. The lowest BCUT2D eigenvalue weighted by Gasteiger charge is -2.09. The van der Waals surface area contributed by atoms with E-state index >= 15 is 0 Å². The standard InChI is InChI=1S/C20H15F5O/c1-2-3-4-5-14-6-8-15(9-7-14)18(21)19(22)16-10-12-17(13-11-16)26-20(23,24)25/h6-13H,2-3H2,1H3/b19-18-. The first kappa shape index (κ1) is 19.5. The molecule has 2 aromatic rings. The van der Waals surface area contributed by atoms with Gasteiger partial charge in [-0.2, -0.15) is 0 Å². The molecule has 0 aliphatic carbocycles. The van der Waals surface area contributed by atoms with Crippen LogP contribution in [-0.2, 0) is 0 Å². The molecule has 0 aromatic heterocycles. The molecule has 0 aliphatic heterocycles. The minimum Gasteiger partial charge on any atom is -0.406 e. The molecule has 0 bridgehead atoms. The first-order valence-corrected chi connectivity index (χ1v) is 7.81. The number of hydrogen-bond acceptors (Lipinski definition) is 1.